The average molecular weight is 408 g/mol. The van der Waals surface area contributed by atoms with E-state index in [1.165, 1.54) is 11.8 Å². The minimum Gasteiger partial charge on any atom is -0.363 e. The SMILES string of the molecule is CCSC1NC(c2ccccc2)=C(S(=O)(=O)c2ccccc2)C(=S)S1. The van der Waals surface area contributed by atoms with Gasteiger partial charge in [0.2, 0.25) is 9.84 Å². The first-order chi connectivity index (χ1) is 12.0. The summed E-state index contributed by atoms with van der Waals surface area (Å²) in [5.41, 5.74) is 1.40. The zero-order chi connectivity index (χ0) is 17.9. The highest BCUT2D eigenvalue weighted by atomic mass is 32.2. The molecule has 7 heteroatoms. The third-order valence-electron chi connectivity index (χ3n) is 3.59. The van der Waals surface area contributed by atoms with E-state index in [1.54, 1.807) is 42.1 Å². The molecule has 1 heterocycles. The molecule has 0 aliphatic carbocycles. The van der Waals surface area contributed by atoms with Crippen LogP contribution in [0.2, 0.25) is 0 Å². The van der Waals surface area contributed by atoms with Gasteiger partial charge in [-0.05, 0) is 23.4 Å². The molecule has 1 unspecified atom stereocenters. The molecule has 2 aromatic carbocycles. The van der Waals surface area contributed by atoms with Crippen molar-refractivity contribution in [1.82, 2.24) is 5.32 Å². The molecule has 1 N–H and O–H groups in total. The van der Waals surface area contributed by atoms with Crippen LogP contribution in [0.15, 0.2) is 70.5 Å². The highest BCUT2D eigenvalue weighted by molar-refractivity contribution is 8.32. The minimum absolute atomic E-state index is 0.00225. The highest BCUT2D eigenvalue weighted by Crippen LogP contribution is 2.39. The summed E-state index contributed by atoms with van der Waals surface area (Å²) in [4.78, 5) is 0.447. The Morgan fingerprint density at radius 3 is 2.28 bits per heavy atom. The maximum absolute atomic E-state index is 13.2. The van der Waals surface area contributed by atoms with Gasteiger partial charge in [0.25, 0.3) is 0 Å². The summed E-state index contributed by atoms with van der Waals surface area (Å²) in [6.07, 6.45) is 0. The van der Waals surface area contributed by atoms with Crippen molar-refractivity contribution in [1.29, 1.82) is 0 Å². The molecule has 3 rings (SSSR count). The Bertz CT molecular complexity index is 893. The summed E-state index contributed by atoms with van der Waals surface area (Å²) in [6, 6.07) is 17.9. The number of rotatable bonds is 5. The number of nitrogens with one attached hydrogen (secondary N) is 1. The number of thioether (sulfide) groups is 2. The second-order valence-electron chi connectivity index (χ2n) is 5.22. The molecule has 0 fully saturated rings. The van der Waals surface area contributed by atoms with Gasteiger partial charge in [0, 0.05) is 0 Å². The molecular weight excluding hydrogens is 390 g/mol. The predicted octanol–water partition coefficient (Wildman–Crippen LogP) is 4.53. The maximum atomic E-state index is 13.2. The van der Waals surface area contributed by atoms with Crippen LogP contribution < -0.4 is 5.32 Å². The number of thiocarbonyl (C=S) groups is 1. The Morgan fingerprint density at radius 1 is 1.08 bits per heavy atom. The van der Waals surface area contributed by atoms with Gasteiger partial charge in [0.15, 0.2) is 0 Å². The largest absolute Gasteiger partial charge is 0.363 e. The van der Waals surface area contributed by atoms with Gasteiger partial charge < -0.3 is 5.32 Å². The number of hydrogen-bond acceptors (Lipinski definition) is 6. The van der Waals surface area contributed by atoms with Crippen molar-refractivity contribution in [3.63, 3.8) is 0 Å². The molecule has 0 saturated heterocycles. The quantitative estimate of drug-likeness (QED) is 0.735. The van der Waals surface area contributed by atoms with E-state index in [-0.39, 0.29) is 14.5 Å². The first kappa shape index (κ1) is 18.5. The third kappa shape index (κ3) is 3.95. The van der Waals surface area contributed by atoms with Crippen LogP contribution in [0.25, 0.3) is 5.70 Å². The molecular formula is C18H17NO2S4. The van der Waals surface area contributed by atoms with E-state index >= 15 is 0 Å². The molecule has 3 nitrogen and oxygen atoms in total. The van der Waals surface area contributed by atoms with Gasteiger partial charge in [-0.1, -0.05) is 79.4 Å². The van der Waals surface area contributed by atoms with Crippen LogP contribution in [-0.2, 0) is 9.84 Å². The molecule has 25 heavy (non-hydrogen) atoms. The monoisotopic (exact) mass is 407 g/mol. The van der Waals surface area contributed by atoms with Gasteiger partial charge in [-0.2, -0.15) is 0 Å². The van der Waals surface area contributed by atoms with Crippen molar-refractivity contribution in [3.05, 3.63) is 71.1 Å². The molecule has 0 amide bonds. The lowest BCUT2D eigenvalue weighted by Gasteiger charge is -2.29. The van der Waals surface area contributed by atoms with Gasteiger partial charge >= 0.3 is 0 Å². The summed E-state index contributed by atoms with van der Waals surface area (Å²) >= 11 is 8.60. The maximum Gasteiger partial charge on any atom is 0.210 e. The van der Waals surface area contributed by atoms with Crippen molar-refractivity contribution in [2.45, 2.75) is 16.5 Å². The normalized spacial score (nSPS) is 18.1. The molecule has 0 bridgehead atoms. The number of benzene rings is 2. The number of sulfone groups is 1. The fourth-order valence-electron chi connectivity index (χ4n) is 2.47. The van der Waals surface area contributed by atoms with Crippen LogP contribution >= 0.6 is 35.7 Å². The molecule has 130 valence electrons. The second-order valence-corrected chi connectivity index (χ2v) is 10.6. The summed E-state index contributed by atoms with van der Waals surface area (Å²) in [6.45, 7) is 2.07. The smallest absolute Gasteiger partial charge is 0.210 e. The molecule has 0 spiro atoms. The van der Waals surface area contributed by atoms with Crippen molar-refractivity contribution in [2.24, 2.45) is 0 Å². The van der Waals surface area contributed by atoms with E-state index in [1.807, 2.05) is 30.3 Å². The average Bonchev–Trinajstić information content (AvgIpc) is 2.63. The third-order valence-corrected chi connectivity index (χ3v) is 8.38. The van der Waals surface area contributed by atoms with Gasteiger partial charge in [-0.25, -0.2) is 8.42 Å². The van der Waals surface area contributed by atoms with Crippen LogP contribution in [0.3, 0.4) is 0 Å². The molecule has 2 aromatic rings. The highest BCUT2D eigenvalue weighted by Gasteiger charge is 2.34. The van der Waals surface area contributed by atoms with Crippen LogP contribution in [0.4, 0.5) is 0 Å². The van der Waals surface area contributed by atoms with Crippen LogP contribution in [0.5, 0.6) is 0 Å². The summed E-state index contributed by atoms with van der Waals surface area (Å²) in [5.74, 6) is 0.913. The Kier molecular flexibility index (Phi) is 5.89. The van der Waals surface area contributed by atoms with Crippen molar-refractivity contribution < 1.29 is 8.42 Å². The molecule has 1 aliphatic heterocycles. The van der Waals surface area contributed by atoms with E-state index in [4.69, 9.17) is 12.2 Å². The number of hydrogen-bond donors (Lipinski definition) is 1. The fourth-order valence-corrected chi connectivity index (χ4v) is 7.32. The topological polar surface area (TPSA) is 46.2 Å². The van der Waals surface area contributed by atoms with E-state index in [2.05, 4.69) is 12.2 Å². The predicted molar refractivity (Wildman–Crippen MR) is 112 cm³/mol. The van der Waals surface area contributed by atoms with E-state index in [0.717, 1.165) is 11.3 Å². The van der Waals surface area contributed by atoms with Crippen molar-refractivity contribution in [3.8, 4) is 0 Å². The van der Waals surface area contributed by atoms with E-state index < -0.39 is 9.84 Å². The van der Waals surface area contributed by atoms with E-state index in [0.29, 0.717) is 9.89 Å². The zero-order valence-corrected chi connectivity index (χ0v) is 16.8. The van der Waals surface area contributed by atoms with Gasteiger partial charge in [-0.3, -0.25) is 0 Å². The lowest BCUT2D eigenvalue weighted by Crippen LogP contribution is -2.32. The molecule has 0 saturated carbocycles. The Hall–Kier alpha value is -1.28. The van der Waals surface area contributed by atoms with Gasteiger partial charge in [-0.15, -0.1) is 11.8 Å². The lowest BCUT2D eigenvalue weighted by molar-refractivity contribution is 0.603. The zero-order valence-electron chi connectivity index (χ0n) is 13.5. The molecule has 1 atom stereocenters. The van der Waals surface area contributed by atoms with Gasteiger partial charge in [0.05, 0.1) is 14.8 Å². The Morgan fingerprint density at radius 2 is 1.68 bits per heavy atom. The lowest BCUT2D eigenvalue weighted by atomic mass is 10.1. The minimum atomic E-state index is -3.70. The standard InChI is InChI=1S/C18H17NO2S4/c1-2-23-18-19-15(13-9-5-3-6-10-13)16(17(22)24-18)25(20,21)14-11-7-4-8-12-14/h3-12,18-19H,2H2,1H3. The molecule has 1 aliphatic rings. The molecule has 0 radical (unpaired) electrons. The summed E-state index contributed by atoms with van der Waals surface area (Å²) in [7, 11) is -3.70. The van der Waals surface area contributed by atoms with Crippen LogP contribution in [0.1, 0.15) is 12.5 Å². The fraction of sp³-hybridized carbons (Fsp3) is 0.167. The Balaban J connectivity index is 2.19. The first-order valence-corrected chi connectivity index (χ1v) is 11.5. The van der Waals surface area contributed by atoms with E-state index in [9.17, 15) is 8.42 Å². The van der Waals surface area contributed by atoms with Crippen molar-refractivity contribution >= 4 is 55.5 Å². The van der Waals surface area contributed by atoms with Crippen LogP contribution in [-0.4, -0.2) is 23.1 Å². The Labute approximate surface area is 162 Å². The summed E-state index contributed by atoms with van der Waals surface area (Å²) < 4.78 is 26.9. The molecule has 0 aromatic heterocycles. The van der Waals surface area contributed by atoms with Gasteiger partial charge in [0.1, 0.15) is 9.61 Å². The second kappa shape index (κ2) is 7.95. The van der Waals surface area contributed by atoms with Crippen LogP contribution in [0, 0.1) is 0 Å². The first-order valence-electron chi connectivity index (χ1n) is 7.73. The summed E-state index contributed by atoms with van der Waals surface area (Å²) in [5, 5.41) is 3.37. The van der Waals surface area contributed by atoms with Crippen molar-refractivity contribution in [2.75, 3.05) is 5.75 Å².